The Balaban J connectivity index is 2.45. The number of H-pyrrole nitrogens is 1. The molecule has 0 aliphatic heterocycles. The molecule has 0 saturated heterocycles. The molecule has 0 amide bonds. The van der Waals surface area contributed by atoms with Crippen LogP contribution in [0.4, 0.5) is 0 Å². The number of aromatic amines is 1. The fourth-order valence-electron chi connectivity index (χ4n) is 2.17. The number of nitrogens with one attached hydrogen (secondary N) is 1. The van der Waals surface area contributed by atoms with E-state index in [1.54, 1.807) is 14.0 Å². The van der Waals surface area contributed by atoms with E-state index in [0.29, 0.717) is 39.9 Å². The minimum absolute atomic E-state index is 0.328. The van der Waals surface area contributed by atoms with Crippen LogP contribution in [0.5, 0.6) is 11.5 Å². The molecule has 2 rings (SSSR count). The molecule has 140 valence electrons. The Kier molecular flexibility index (Phi) is 7.41. The third-order valence-electron chi connectivity index (χ3n) is 3.31. The fraction of sp³-hybridized carbons (Fsp3) is 0.368. The van der Waals surface area contributed by atoms with E-state index < -0.39 is 5.97 Å². The highest BCUT2D eigenvalue weighted by molar-refractivity contribution is 7.73. The van der Waals surface area contributed by atoms with Gasteiger partial charge in [-0.25, -0.2) is 4.79 Å². The average molecular weight is 394 g/mol. The van der Waals surface area contributed by atoms with Crippen LogP contribution in [0.3, 0.4) is 0 Å². The molecular formula is C19H23NO4S2. The van der Waals surface area contributed by atoms with Crippen molar-refractivity contribution in [3.63, 3.8) is 0 Å². The quantitative estimate of drug-likeness (QED) is 0.579. The van der Waals surface area contributed by atoms with Crippen molar-refractivity contribution >= 4 is 41.7 Å². The average Bonchev–Trinajstić information content (AvgIpc) is 2.92. The van der Waals surface area contributed by atoms with E-state index in [9.17, 15) is 4.79 Å². The molecular weight excluding hydrogens is 370 g/mol. The first-order chi connectivity index (χ1) is 12.4. The highest BCUT2D eigenvalue weighted by Crippen LogP contribution is 2.28. The van der Waals surface area contributed by atoms with Gasteiger partial charge < -0.3 is 19.2 Å². The Morgan fingerprint density at radius 3 is 2.77 bits per heavy atom. The van der Waals surface area contributed by atoms with Gasteiger partial charge in [0.2, 0.25) is 0 Å². The van der Waals surface area contributed by atoms with Crippen molar-refractivity contribution in [2.45, 2.75) is 20.8 Å². The van der Waals surface area contributed by atoms with Gasteiger partial charge in [-0.2, -0.15) is 0 Å². The van der Waals surface area contributed by atoms with Crippen LogP contribution in [-0.4, -0.2) is 31.3 Å². The molecule has 1 aromatic heterocycles. The second-order valence-corrected chi connectivity index (χ2v) is 7.67. The van der Waals surface area contributed by atoms with Crippen LogP contribution in [0.15, 0.2) is 18.2 Å². The molecule has 5 nitrogen and oxygen atoms in total. The molecule has 0 saturated carbocycles. The summed E-state index contributed by atoms with van der Waals surface area (Å²) in [4.78, 5) is 14.8. The Morgan fingerprint density at radius 2 is 2.12 bits per heavy atom. The number of thiazole rings is 1. The van der Waals surface area contributed by atoms with Crippen molar-refractivity contribution in [2.24, 2.45) is 5.92 Å². The number of benzene rings is 1. The Labute approximate surface area is 161 Å². The summed E-state index contributed by atoms with van der Waals surface area (Å²) in [7, 11) is 1.62. The Hall–Kier alpha value is -2.12. The van der Waals surface area contributed by atoms with Crippen LogP contribution < -0.4 is 19.4 Å². The van der Waals surface area contributed by atoms with Crippen LogP contribution in [-0.2, 0) is 9.53 Å². The SMILES string of the molecule is CCOC(=O)/C=c1\[nH]c(=S)s\c1=C/c1ccc(OC)c(OCC(C)C)c1. The third kappa shape index (κ3) is 5.71. The predicted molar refractivity (Wildman–Crippen MR) is 107 cm³/mol. The minimum atomic E-state index is -0.401. The summed E-state index contributed by atoms with van der Waals surface area (Å²) < 4.78 is 17.6. The molecule has 0 radical (unpaired) electrons. The second kappa shape index (κ2) is 9.54. The summed E-state index contributed by atoms with van der Waals surface area (Å²) in [6.07, 6.45) is 3.37. The Morgan fingerprint density at radius 1 is 1.35 bits per heavy atom. The predicted octanol–water partition coefficient (Wildman–Crippen LogP) is 3.02. The van der Waals surface area contributed by atoms with Crippen molar-refractivity contribution in [3.05, 3.63) is 37.6 Å². The lowest BCUT2D eigenvalue weighted by molar-refractivity contribution is -0.135. The first-order valence-corrected chi connectivity index (χ1v) is 9.55. The van der Waals surface area contributed by atoms with Gasteiger partial charge in [-0.15, -0.1) is 11.3 Å². The van der Waals surface area contributed by atoms with Gasteiger partial charge in [0, 0.05) is 6.08 Å². The smallest absolute Gasteiger partial charge is 0.332 e. The van der Waals surface area contributed by atoms with Gasteiger partial charge in [0.05, 0.1) is 30.2 Å². The number of ether oxygens (including phenoxy) is 3. The summed E-state index contributed by atoms with van der Waals surface area (Å²) in [6, 6.07) is 5.71. The van der Waals surface area contributed by atoms with E-state index in [-0.39, 0.29) is 0 Å². The summed E-state index contributed by atoms with van der Waals surface area (Å²) in [5.74, 6) is 1.38. The summed E-state index contributed by atoms with van der Waals surface area (Å²) in [6.45, 7) is 6.88. The first-order valence-electron chi connectivity index (χ1n) is 8.33. The molecule has 0 spiro atoms. The molecule has 7 heteroatoms. The second-order valence-electron chi connectivity index (χ2n) is 5.95. The number of carbonyl (C=O) groups excluding carboxylic acids is 1. The molecule has 2 aromatic rings. The molecule has 0 unspecified atom stereocenters. The van der Waals surface area contributed by atoms with Crippen LogP contribution in [0.1, 0.15) is 26.3 Å². The highest BCUT2D eigenvalue weighted by atomic mass is 32.1. The summed E-state index contributed by atoms with van der Waals surface area (Å²) >= 11 is 6.61. The van der Waals surface area contributed by atoms with Crippen molar-refractivity contribution in [3.8, 4) is 11.5 Å². The zero-order valence-electron chi connectivity index (χ0n) is 15.3. The van der Waals surface area contributed by atoms with Crippen LogP contribution in [0.25, 0.3) is 12.2 Å². The van der Waals surface area contributed by atoms with E-state index >= 15 is 0 Å². The first kappa shape index (κ1) is 20.2. The maximum absolute atomic E-state index is 11.7. The molecule has 0 atom stereocenters. The number of rotatable bonds is 7. The molecule has 0 fully saturated rings. The lowest BCUT2D eigenvalue weighted by atomic mass is 10.2. The van der Waals surface area contributed by atoms with Gasteiger partial charge in [-0.1, -0.05) is 19.9 Å². The summed E-state index contributed by atoms with van der Waals surface area (Å²) in [5, 5.41) is 0.638. The normalized spacial score (nSPS) is 12.5. The van der Waals surface area contributed by atoms with Crippen LogP contribution >= 0.6 is 23.6 Å². The maximum atomic E-state index is 11.7. The maximum Gasteiger partial charge on any atom is 0.332 e. The number of aromatic nitrogens is 1. The van der Waals surface area contributed by atoms with Gasteiger partial charge >= 0.3 is 5.97 Å². The van der Waals surface area contributed by atoms with Gasteiger partial charge in [-0.05, 0) is 48.8 Å². The van der Waals surface area contributed by atoms with E-state index in [0.717, 1.165) is 10.1 Å². The zero-order chi connectivity index (χ0) is 19.1. The van der Waals surface area contributed by atoms with Crippen molar-refractivity contribution in [1.29, 1.82) is 0 Å². The van der Waals surface area contributed by atoms with E-state index in [1.165, 1.54) is 17.4 Å². The molecule has 26 heavy (non-hydrogen) atoms. The monoisotopic (exact) mass is 393 g/mol. The molecule has 0 bridgehead atoms. The fourth-order valence-corrected chi connectivity index (χ4v) is 3.33. The van der Waals surface area contributed by atoms with Crippen molar-refractivity contribution in [1.82, 2.24) is 4.98 Å². The van der Waals surface area contributed by atoms with E-state index in [1.807, 2.05) is 24.3 Å². The van der Waals surface area contributed by atoms with Gasteiger partial charge in [-0.3, -0.25) is 0 Å². The van der Waals surface area contributed by atoms with Gasteiger partial charge in [0.25, 0.3) is 0 Å². The van der Waals surface area contributed by atoms with E-state index in [4.69, 9.17) is 26.4 Å². The molecule has 0 aliphatic rings. The molecule has 1 heterocycles. The lowest BCUT2D eigenvalue weighted by Gasteiger charge is -2.12. The van der Waals surface area contributed by atoms with Gasteiger partial charge in [0.15, 0.2) is 15.5 Å². The Bertz CT molecular complexity index is 928. The molecule has 1 aromatic carbocycles. The lowest BCUT2D eigenvalue weighted by Crippen LogP contribution is -2.23. The zero-order valence-corrected chi connectivity index (χ0v) is 17.0. The van der Waals surface area contributed by atoms with Crippen LogP contribution in [0.2, 0.25) is 0 Å². The highest BCUT2D eigenvalue weighted by Gasteiger charge is 2.07. The summed E-state index contributed by atoms with van der Waals surface area (Å²) in [5.41, 5.74) is 0.924. The minimum Gasteiger partial charge on any atom is -0.493 e. The van der Waals surface area contributed by atoms with Crippen molar-refractivity contribution in [2.75, 3.05) is 20.3 Å². The third-order valence-corrected chi connectivity index (χ3v) is 4.51. The van der Waals surface area contributed by atoms with E-state index in [2.05, 4.69) is 18.8 Å². The number of esters is 1. The van der Waals surface area contributed by atoms with Gasteiger partial charge in [0.1, 0.15) is 0 Å². The van der Waals surface area contributed by atoms with Crippen molar-refractivity contribution < 1.29 is 19.0 Å². The molecule has 1 N–H and O–H groups in total. The van der Waals surface area contributed by atoms with Crippen LogP contribution in [0, 0.1) is 9.87 Å². The number of hydrogen-bond donors (Lipinski definition) is 1. The number of hydrogen-bond acceptors (Lipinski definition) is 6. The largest absolute Gasteiger partial charge is 0.493 e. The molecule has 0 aliphatic carbocycles. The number of methoxy groups -OCH3 is 1. The topological polar surface area (TPSA) is 60.6 Å². The standard InChI is InChI=1S/C19H23NO4S2/c1-5-23-18(21)10-14-17(26-19(25)20-14)9-13-6-7-15(22-4)16(8-13)24-11-12(2)3/h6-10,12H,5,11H2,1-4H3,(H,20,25)/b14-10-,17-9-. The number of carbonyl (C=O) groups is 1.